The van der Waals surface area contributed by atoms with Crippen LogP contribution in [-0.4, -0.2) is 15.7 Å². The largest absolute Gasteiger partial charge is 0.306 e. The molecule has 6 heteroatoms. The number of nitrogens with one attached hydrogen (secondary N) is 1. The van der Waals surface area contributed by atoms with E-state index in [1.54, 1.807) is 12.1 Å². The maximum absolute atomic E-state index is 12.1. The van der Waals surface area contributed by atoms with Gasteiger partial charge in [-0.05, 0) is 42.3 Å². The molecule has 4 nitrogen and oxygen atoms in total. The molecule has 0 spiro atoms. The lowest BCUT2D eigenvalue weighted by molar-refractivity contribution is -0.111. The molecule has 0 atom stereocenters. The van der Waals surface area contributed by atoms with Crippen molar-refractivity contribution in [1.82, 2.24) is 9.78 Å². The Morgan fingerprint density at radius 3 is 2.62 bits per heavy atom. The molecule has 0 radical (unpaired) electrons. The number of rotatable bonds is 5. The number of carbonyl (C=O) groups excluding carboxylic acids is 1. The van der Waals surface area contributed by atoms with Crippen molar-refractivity contribution in [2.24, 2.45) is 0 Å². The van der Waals surface area contributed by atoms with Crippen molar-refractivity contribution in [2.75, 3.05) is 5.32 Å². The van der Waals surface area contributed by atoms with Crippen molar-refractivity contribution in [1.29, 1.82) is 0 Å². The van der Waals surface area contributed by atoms with E-state index in [9.17, 15) is 4.79 Å². The highest BCUT2D eigenvalue weighted by atomic mass is 35.5. The summed E-state index contributed by atoms with van der Waals surface area (Å²) in [5.41, 5.74) is 2.82. The Hall–Kier alpha value is -2.56. The molecule has 3 aromatic rings. The molecule has 0 aliphatic heterocycles. The molecule has 0 bridgehead atoms. The summed E-state index contributed by atoms with van der Waals surface area (Å²) in [7, 11) is 0. The summed E-state index contributed by atoms with van der Waals surface area (Å²) in [5, 5.41) is 8.49. The minimum absolute atomic E-state index is 0.263. The first kappa shape index (κ1) is 18.2. The fourth-order valence-electron chi connectivity index (χ4n) is 2.44. The SMILES string of the molecule is Cc1cc(NC(=O)/C=C/c2ccccc2Cl)nn1Cc1ccc(Cl)cc1. The zero-order valence-electron chi connectivity index (χ0n) is 14.1. The van der Waals surface area contributed by atoms with Crippen LogP contribution in [0, 0.1) is 6.92 Å². The first-order chi connectivity index (χ1) is 12.5. The third kappa shape index (κ3) is 4.75. The van der Waals surface area contributed by atoms with Gasteiger partial charge in [0, 0.05) is 27.9 Å². The van der Waals surface area contributed by atoms with Crippen molar-refractivity contribution < 1.29 is 4.79 Å². The summed E-state index contributed by atoms with van der Waals surface area (Å²) in [6, 6.07) is 16.8. The average molecular weight is 386 g/mol. The van der Waals surface area contributed by atoms with Crippen molar-refractivity contribution in [3.05, 3.63) is 87.5 Å². The summed E-state index contributed by atoms with van der Waals surface area (Å²) in [6.07, 6.45) is 3.12. The van der Waals surface area contributed by atoms with Crippen LogP contribution in [0.15, 0.2) is 60.7 Å². The third-order valence-electron chi connectivity index (χ3n) is 3.80. The van der Waals surface area contributed by atoms with Crippen LogP contribution in [0.2, 0.25) is 10.0 Å². The molecule has 1 aromatic heterocycles. The van der Waals surface area contributed by atoms with Gasteiger partial charge in [-0.2, -0.15) is 5.10 Å². The van der Waals surface area contributed by atoms with Gasteiger partial charge in [-0.1, -0.05) is 53.5 Å². The van der Waals surface area contributed by atoms with E-state index in [-0.39, 0.29) is 5.91 Å². The van der Waals surface area contributed by atoms with E-state index >= 15 is 0 Å². The number of anilines is 1. The number of benzene rings is 2. The lowest BCUT2D eigenvalue weighted by atomic mass is 10.2. The molecule has 1 heterocycles. The maximum Gasteiger partial charge on any atom is 0.249 e. The van der Waals surface area contributed by atoms with E-state index in [1.165, 1.54) is 6.08 Å². The highest BCUT2D eigenvalue weighted by Gasteiger charge is 2.07. The summed E-state index contributed by atoms with van der Waals surface area (Å²) < 4.78 is 1.83. The molecule has 0 fully saturated rings. The van der Waals surface area contributed by atoms with Crippen LogP contribution in [0.1, 0.15) is 16.8 Å². The molecule has 0 aliphatic carbocycles. The molecule has 0 unspecified atom stereocenters. The van der Waals surface area contributed by atoms with Gasteiger partial charge in [0.15, 0.2) is 5.82 Å². The second-order valence-electron chi connectivity index (χ2n) is 5.80. The predicted octanol–water partition coefficient (Wildman–Crippen LogP) is 5.20. The second-order valence-corrected chi connectivity index (χ2v) is 6.64. The van der Waals surface area contributed by atoms with Gasteiger partial charge in [0.25, 0.3) is 0 Å². The molecule has 3 rings (SSSR count). The number of halogens is 2. The Kier molecular flexibility index (Phi) is 5.76. The van der Waals surface area contributed by atoms with E-state index in [1.807, 2.05) is 60.1 Å². The predicted molar refractivity (Wildman–Crippen MR) is 107 cm³/mol. The Morgan fingerprint density at radius 2 is 1.88 bits per heavy atom. The van der Waals surface area contributed by atoms with Gasteiger partial charge in [0.05, 0.1) is 6.54 Å². The van der Waals surface area contributed by atoms with Crippen molar-refractivity contribution >= 4 is 41.0 Å². The molecule has 0 saturated carbocycles. The number of hydrogen-bond donors (Lipinski definition) is 1. The van der Waals surface area contributed by atoms with Gasteiger partial charge in [0.2, 0.25) is 5.91 Å². The van der Waals surface area contributed by atoms with Crippen LogP contribution in [0.4, 0.5) is 5.82 Å². The Balaban J connectivity index is 1.66. The number of aromatic nitrogens is 2. The Morgan fingerprint density at radius 1 is 1.15 bits per heavy atom. The zero-order valence-corrected chi connectivity index (χ0v) is 15.6. The minimum atomic E-state index is -0.263. The number of carbonyl (C=O) groups is 1. The van der Waals surface area contributed by atoms with E-state index in [0.29, 0.717) is 22.4 Å². The van der Waals surface area contributed by atoms with Crippen molar-refractivity contribution in [3.63, 3.8) is 0 Å². The van der Waals surface area contributed by atoms with Gasteiger partial charge >= 0.3 is 0 Å². The smallest absolute Gasteiger partial charge is 0.249 e. The van der Waals surface area contributed by atoms with Crippen LogP contribution in [-0.2, 0) is 11.3 Å². The lowest BCUT2D eigenvalue weighted by Gasteiger charge is -2.04. The van der Waals surface area contributed by atoms with Gasteiger partial charge < -0.3 is 5.32 Å². The summed E-state index contributed by atoms with van der Waals surface area (Å²) in [6.45, 7) is 2.55. The minimum Gasteiger partial charge on any atom is -0.306 e. The summed E-state index contributed by atoms with van der Waals surface area (Å²) in [4.78, 5) is 12.1. The molecular weight excluding hydrogens is 369 g/mol. The maximum atomic E-state index is 12.1. The molecule has 0 aliphatic rings. The summed E-state index contributed by atoms with van der Waals surface area (Å²) >= 11 is 12.0. The highest BCUT2D eigenvalue weighted by molar-refractivity contribution is 6.32. The molecule has 2 aromatic carbocycles. The zero-order chi connectivity index (χ0) is 18.5. The number of amides is 1. The van der Waals surface area contributed by atoms with Crippen molar-refractivity contribution in [3.8, 4) is 0 Å². The average Bonchev–Trinajstić information content (AvgIpc) is 2.95. The second kappa shape index (κ2) is 8.21. The normalized spacial score (nSPS) is 11.0. The molecule has 1 amide bonds. The van der Waals surface area contributed by atoms with Crippen LogP contribution in [0.5, 0.6) is 0 Å². The van der Waals surface area contributed by atoms with Gasteiger partial charge in [-0.25, -0.2) is 0 Å². The standard InChI is InChI=1S/C20H17Cl2N3O/c1-14-12-19(24-25(14)13-15-6-9-17(21)10-7-15)23-20(26)11-8-16-4-2-3-5-18(16)22/h2-12H,13H2,1H3,(H,23,24,26)/b11-8+. The van der Waals surface area contributed by atoms with Gasteiger partial charge in [-0.15, -0.1) is 0 Å². The highest BCUT2D eigenvalue weighted by Crippen LogP contribution is 2.17. The lowest BCUT2D eigenvalue weighted by Crippen LogP contribution is -2.09. The molecule has 1 N–H and O–H groups in total. The fourth-order valence-corrected chi connectivity index (χ4v) is 2.76. The van der Waals surface area contributed by atoms with Crippen LogP contribution >= 0.6 is 23.2 Å². The Bertz CT molecular complexity index is 946. The van der Waals surface area contributed by atoms with E-state index < -0.39 is 0 Å². The van der Waals surface area contributed by atoms with Crippen LogP contribution in [0.3, 0.4) is 0 Å². The fraction of sp³-hybridized carbons (Fsp3) is 0.100. The topological polar surface area (TPSA) is 46.9 Å². The van der Waals surface area contributed by atoms with Gasteiger partial charge in [0.1, 0.15) is 0 Å². The molecular formula is C20H17Cl2N3O. The molecule has 0 saturated heterocycles. The quantitative estimate of drug-likeness (QED) is 0.613. The number of nitrogens with zero attached hydrogens (tertiary/aromatic N) is 2. The Labute approximate surface area is 162 Å². The van der Waals surface area contributed by atoms with E-state index in [2.05, 4.69) is 10.4 Å². The molecule has 132 valence electrons. The van der Waals surface area contributed by atoms with E-state index in [4.69, 9.17) is 23.2 Å². The molecule has 26 heavy (non-hydrogen) atoms. The van der Waals surface area contributed by atoms with Crippen LogP contribution in [0.25, 0.3) is 6.08 Å². The monoisotopic (exact) mass is 385 g/mol. The van der Waals surface area contributed by atoms with Crippen LogP contribution < -0.4 is 5.32 Å². The van der Waals surface area contributed by atoms with E-state index in [0.717, 1.165) is 16.8 Å². The number of aryl methyl sites for hydroxylation is 1. The van der Waals surface area contributed by atoms with Gasteiger partial charge in [-0.3, -0.25) is 9.48 Å². The van der Waals surface area contributed by atoms with Crippen molar-refractivity contribution in [2.45, 2.75) is 13.5 Å². The first-order valence-electron chi connectivity index (χ1n) is 8.04. The third-order valence-corrected chi connectivity index (χ3v) is 4.39. The number of hydrogen-bond acceptors (Lipinski definition) is 2. The summed E-state index contributed by atoms with van der Waals surface area (Å²) in [5.74, 6) is 0.242. The first-order valence-corrected chi connectivity index (χ1v) is 8.79.